The minimum atomic E-state index is -0.566. The first-order valence-corrected chi connectivity index (χ1v) is 10.8. The third kappa shape index (κ3) is 4.43. The van der Waals surface area contributed by atoms with E-state index in [1.165, 1.54) is 31.4 Å². The quantitative estimate of drug-likeness (QED) is 0.400. The van der Waals surface area contributed by atoms with Crippen LogP contribution in [0.15, 0.2) is 49.1 Å². The first-order valence-electron chi connectivity index (χ1n) is 10.8. The number of methoxy groups -OCH3 is 1. The van der Waals surface area contributed by atoms with Gasteiger partial charge in [0.15, 0.2) is 0 Å². The van der Waals surface area contributed by atoms with Gasteiger partial charge in [-0.05, 0) is 104 Å². The highest BCUT2D eigenvalue weighted by molar-refractivity contribution is 5.46. The van der Waals surface area contributed by atoms with Crippen LogP contribution in [0.2, 0.25) is 0 Å². The largest absolute Gasteiger partial charge is 0.497 e. The molecule has 1 nitrogen and oxygen atoms in total. The number of hydrogen-bond donors (Lipinski definition) is 0. The van der Waals surface area contributed by atoms with Crippen LogP contribution < -0.4 is 4.74 Å². The maximum atomic E-state index is 14.7. The zero-order valence-electron chi connectivity index (χ0n) is 17.5. The van der Waals surface area contributed by atoms with Crippen LogP contribution in [-0.4, -0.2) is 7.11 Å². The van der Waals surface area contributed by atoms with Crippen molar-refractivity contribution < 1.29 is 13.5 Å². The summed E-state index contributed by atoms with van der Waals surface area (Å²) in [5.41, 5.74) is 1.31. The Bertz CT molecular complexity index is 944. The van der Waals surface area contributed by atoms with E-state index in [1.807, 2.05) is 0 Å². The molecule has 0 bridgehead atoms. The molecule has 0 N–H and O–H groups in total. The van der Waals surface area contributed by atoms with Crippen molar-refractivity contribution in [3.63, 3.8) is 0 Å². The monoisotopic (exact) mass is 406 g/mol. The Morgan fingerprint density at radius 3 is 2.27 bits per heavy atom. The van der Waals surface area contributed by atoms with E-state index in [0.29, 0.717) is 17.4 Å². The summed E-state index contributed by atoms with van der Waals surface area (Å²) in [6, 6.07) is 10.1. The predicted molar refractivity (Wildman–Crippen MR) is 116 cm³/mol. The number of ether oxygens (including phenoxy) is 1. The van der Waals surface area contributed by atoms with Gasteiger partial charge in [0.25, 0.3) is 0 Å². The lowest BCUT2D eigenvalue weighted by atomic mass is 9.64. The minimum absolute atomic E-state index is 0.158. The second-order valence-corrected chi connectivity index (χ2v) is 8.68. The van der Waals surface area contributed by atoms with Crippen LogP contribution in [-0.2, 0) is 0 Å². The molecule has 3 heteroatoms. The molecule has 4 atom stereocenters. The lowest BCUT2D eigenvalue weighted by Crippen LogP contribution is -2.30. The molecule has 156 valence electrons. The molecule has 0 radical (unpaired) electrons. The van der Waals surface area contributed by atoms with Gasteiger partial charge in [0.2, 0.25) is 0 Å². The van der Waals surface area contributed by atoms with Crippen LogP contribution in [0.3, 0.4) is 0 Å². The summed E-state index contributed by atoms with van der Waals surface area (Å²) in [6.45, 7) is 3.95. The Hall–Kier alpha value is -2.60. The van der Waals surface area contributed by atoms with Crippen molar-refractivity contribution in [2.24, 2.45) is 17.8 Å². The van der Waals surface area contributed by atoms with Crippen LogP contribution in [0.5, 0.6) is 5.75 Å². The van der Waals surface area contributed by atoms with Crippen molar-refractivity contribution in [1.82, 2.24) is 0 Å². The van der Waals surface area contributed by atoms with Crippen molar-refractivity contribution in [1.29, 1.82) is 0 Å². The zero-order chi connectivity index (χ0) is 21.1. The van der Waals surface area contributed by atoms with Gasteiger partial charge >= 0.3 is 0 Å². The Morgan fingerprint density at radius 1 is 0.933 bits per heavy atom. The molecule has 0 amide bonds. The van der Waals surface area contributed by atoms with Gasteiger partial charge in [0.1, 0.15) is 17.4 Å². The summed E-state index contributed by atoms with van der Waals surface area (Å²) in [5, 5.41) is 0. The fraction of sp³-hybridized carbons (Fsp3) is 0.407. The third-order valence-corrected chi connectivity index (χ3v) is 6.94. The Kier molecular flexibility index (Phi) is 6.23. The van der Waals surface area contributed by atoms with Gasteiger partial charge < -0.3 is 4.74 Å². The highest BCUT2D eigenvalue weighted by atomic mass is 19.1. The Morgan fingerprint density at radius 2 is 1.60 bits per heavy atom. The molecular formula is C27H28F2O. The predicted octanol–water partition coefficient (Wildman–Crippen LogP) is 6.86. The average Bonchev–Trinajstić information content (AvgIpc) is 2.78. The molecule has 30 heavy (non-hydrogen) atoms. The fourth-order valence-corrected chi connectivity index (χ4v) is 5.20. The summed E-state index contributed by atoms with van der Waals surface area (Å²) in [6.07, 6.45) is 8.89. The van der Waals surface area contributed by atoms with E-state index >= 15 is 0 Å². The summed E-state index contributed by atoms with van der Waals surface area (Å²) < 4.78 is 34.6. The minimum Gasteiger partial charge on any atom is -0.497 e. The van der Waals surface area contributed by atoms with Gasteiger partial charge in [-0.1, -0.05) is 17.9 Å². The highest BCUT2D eigenvalue weighted by Crippen LogP contribution is 2.48. The van der Waals surface area contributed by atoms with Gasteiger partial charge in [-0.3, -0.25) is 0 Å². The molecule has 2 saturated carbocycles. The summed E-state index contributed by atoms with van der Waals surface area (Å²) >= 11 is 0. The number of halogens is 2. The van der Waals surface area contributed by atoms with Crippen molar-refractivity contribution in [2.45, 2.75) is 44.4 Å². The first kappa shape index (κ1) is 20.7. The van der Waals surface area contributed by atoms with E-state index in [1.54, 1.807) is 31.4 Å². The Labute approximate surface area is 178 Å². The molecule has 0 saturated heterocycles. The molecule has 2 aromatic carbocycles. The molecule has 2 aliphatic rings. The SMILES string of the molecule is C=CC1CCC2CC(c3cc(F)c(C#Cc4ccc(OC)cc4)c(F)c3)CCC2C1. The lowest BCUT2D eigenvalue weighted by Gasteiger charge is -2.41. The lowest BCUT2D eigenvalue weighted by molar-refractivity contribution is 0.133. The van der Waals surface area contributed by atoms with Crippen LogP contribution >= 0.6 is 0 Å². The van der Waals surface area contributed by atoms with Gasteiger partial charge in [-0.15, -0.1) is 6.58 Å². The third-order valence-electron chi connectivity index (χ3n) is 6.94. The van der Waals surface area contributed by atoms with Gasteiger partial charge in [-0.2, -0.15) is 0 Å². The molecule has 2 aliphatic carbocycles. The van der Waals surface area contributed by atoms with Crippen LogP contribution in [0.1, 0.15) is 61.1 Å². The normalized spacial score (nSPS) is 25.6. The molecule has 0 aliphatic heterocycles. The molecule has 4 rings (SSSR count). The molecule has 0 spiro atoms. The smallest absolute Gasteiger partial charge is 0.142 e. The maximum absolute atomic E-state index is 14.7. The molecule has 4 unspecified atom stereocenters. The summed E-state index contributed by atoms with van der Waals surface area (Å²) in [7, 11) is 1.59. The molecule has 0 heterocycles. The van der Waals surface area contributed by atoms with E-state index in [-0.39, 0.29) is 11.5 Å². The van der Waals surface area contributed by atoms with E-state index in [2.05, 4.69) is 24.5 Å². The van der Waals surface area contributed by atoms with E-state index in [0.717, 1.165) is 36.5 Å². The maximum Gasteiger partial charge on any atom is 0.142 e. The second kappa shape index (κ2) is 9.04. The van der Waals surface area contributed by atoms with Crippen LogP contribution in [0.4, 0.5) is 8.78 Å². The molecular weight excluding hydrogens is 378 g/mol. The van der Waals surface area contributed by atoms with E-state index in [9.17, 15) is 8.78 Å². The fourth-order valence-electron chi connectivity index (χ4n) is 5.20. The zero-order valence-corrected chi connectivity index (χ0v) is 17.5. The summed E-state index contributed by atoms with van der Waals surface area (Å²) in [4.78, 5) is 0. The van der Waals surface area contributed by atoms with Crippen molar-refractivity contribution >= 4 is 0 Å². The highest BCUT2D eigenvalue weighted by Gasteiger charge is 2.35. The summed E-state index contributed by atoms with van der Waals surface area (Å²) in [5.74, 6) is 7.38. The second-order valence-electron chi connectivity index (χ2n) is 8.68. The standard InChI is InChI=1S/C27H28F2O/c1-3-18-4-8-21-15-22(10-9-20(21)14-18)23-16-26(28)25(27(29)17-23)13-7-19-5-11-24(30-2)12-6-19/h3,5-6,11-12,16-18,20-22H,1,4,8-10,14-15H2,2H3. The topological polar surface area (TPSA) is 9.23 Å². The number of benzene rings is 2. The van der Waals surface area contributed by atoms with Crippen molar-refractivity contribution in [3.05, 3.63) is 77.4 Å². The number of allylic oxidation sites excluding steroid dienone is 1. The van der Waals surface area contributed by atoms with Gasteiger partial charge in [0.05, 0.1) is 12.7 Å². The van der Waals surface area contributed by atoms with Gasteiger partial charge in [0, 0.05) is 5.56 Å². The van der Waals surface area contributed by atoms with Crippen LogP contribution in [0.25, 0.3) is 0 Å². The van der Waals surface area contributed by atoms with Crippen LogP contribution in [0, 0.1) is 41.2 Å². The Balaban J connectivity index is 1.49. The molecule has 2 fully saturated rings. The molecule has 2 aromatic rings. The van der Waals surface area contributed by atoms with E-state index < -0.39 is 11.6 Å². The van der Waals surface area contributed by atoms with Crippen molar-refractivity contribution in [2.75, 3.05) is 7.11 Å². The number of hydrogen-bond acceptors (Lipinski definition) is 1. The van der Waals surface area contributed by atoms with Crippen molar-refractivity contribution in [3.8, 4) is 17.6 Å². The van der Waals surface area contributed by atoms with Gasteiger partial charge in [-0.25, -0.2) is 8.78 Å². The average molecular weight is 407 g/mol. The van der Waals surface area contributed by atoms with E-state index in [4.69, 9.17) is 4.74 Å². The molecule has 0 aromatic heterocycles. The number of fused-ring (bicyclic) bond motifs is 1. The first-order chi connectivity index (χ1) is 14.6. The number of rotatable bonds is 3.